The van der Waals surface area contributed by atoms with E-state index < -0.39 is 15.1 Å². The molecule has 184 valence electrons. The third kappa shape index (κ3) is 4.62. The molecule has 3 aromatic carbocycles. The molecule has 2 aliphatic carbocycles. The second kappa shape index (κ2) is 10.3. The number of nitrogens with zero attached hydrogens (tertiary/aromatic N) is 1. The van der Waals surface area contributed by atoms with Gasteiger partial charge in [-0.25, -0.2) is 8.42 Å². The lowest BCUT2D eigenvalue weighted by molar-refractivity contribution is 0.503. The summed E-state index contributed by atoms with van der Waals surface area (Å²) >= 11 is 0. The Bertz CT molecular complexity index is 1700. The molecule has 0 bridgehead atoms. The van der Waals surface area contributed by atoms with Gasteiger partial charge in [0.2, 0.25) is 0 Å². The minimum absolute atomic E-state index is 0.0493. The Balaban J connectivity index is 0.000000892. The molecule has 37 heavy (non-hydrogen) atoms. The van der Waals surface area contributed by atoms with Gasteiger partial charge in [0.15, 0.2) is 9.84 Å². The molecule has 2 unspecified atom stereocenters. The number of rotatable bonds is 3. The fraction of sp³-hybridized carbons (Fsp3) is 0.129. The van der Waals surface area contributed by atoms with Crippen molar-refractivity contribution < 1.29 is 13.5 Å². The summed E-state index contributed by atoms with van der Waals surface area (Å²) in [5, 5.41) is 18.7. The van der Waals surface area contributed by atoms with Gasteiger partial charge >= 0.3 is 0 Å². The van der Waals surface area contributed by atoms with Crippen molar-refractivity contribution in [1.29, 1.82) is 5.26 Å². The zero-order valence-electron chi connectivity index (χ0n) is 20.1. The van der Waals surface area contributed by atoms with E-state index in [1.807, 2.05) is 36.6 Å². The highest BCUT2D eigenvalue weighted by Crippen LogP contribution is 2.35. The summed E-state index contributed by atoms with van der Waals surface area (Å²) in [4.78, 5) is 0.375. The zero-order chi connectivity index (χ0) is 25.8. The van der Waals surface area contributed by atoms with E-state index in [0.717, 1.165) is 28.8 Å². The summed E-state index contributed by atoms with van der Waals surface area (Å²) in [5.74, 6) is -0.0493. The van der Waals surface area contributed by atoms with Crippen LogP contribution in [-0.4, -0.2) is 18.8 Å². The summed E-state index contributed by atoms with van der Waals surface area (Å²) in [6, 6.07) is 21.7. The van der Waals surface area contributed by atoms with Gasteiger partial charge in [0.05, 0.1) is 10.1 Å². The third-order valence-electron chi connectivity index (χ3n) is 7.04. The molecule has 0 spiro atoms. The first-order chi connectivity index (χ1) is 18.0. The number of benzene rings is 3. The van der Waals surface area contributed by atoms with Crippen LogP contribution in [0.3, 0.4) is 0 Å². The van der Waals surface area contributed by atoms with Gasteiger partial charge < -0.3 is 10.4 Å². The second-order valence-corrected chi connectivity index (χ2v) is 11.2. The highest BCUT2D eigenvalue weighted by molar-refractivity contribution is 7.92. The number of aliphatic hydroxyl groups is 1. The lowest BCUT2D eigenvalue weighted by atomic mass is 9.81. The molecule has 0 amide bonds. The van der Waals surface area contributed by atoms with Crippen molar-refractivity contribution in [2.45, 2.75) is 28.9 Å². The molecule has 5 nitrogen and oxygen atoms in total. The number of allylic oxidation sites excluding steroid dienone is 5. The Labute approximate surface area is 216 Å². The molecule has 3 aliphatic rings. The average molecular weight is 507 g/mol. The molecule has 0 radical (unpaired) electrons. The fourth-order valence-corrected chi connectivity index (χ4v) is 7.02. The van der Waals surface area contributed by atoms with Crippen LogP contribution in [0.2, 0.25) is 0 Å². The fourth-order valence-electron chi connectivity index (χ4n) is 5.37. The predicted octanol–water partition coefficient (Wildman–Crippen LogP) is 4.20. The van der Waals surface area contributed by atoms with Crippen LogP contribution in [0.5, 0.6) is 0 Å². The maximum absolute atomic E-state index is 13.8. The van der Waals surface area contributed by atoms with Gasteiger partial charge in [0.1, 0.15) is 0 Å². The molecule has 0 saturated carbocycles. The van der Waals surface area contributed by atoms with E-state index >= 15 is 0 Å². The number of nitrogens with one attached hydrogen (secondary N) is 1. The lowest BCUT2D eigenvalue weighted by Crippen LogP contribution is -2.41. The quantitative estimate of drug-likeness (QED) is 0.520. The maximum Gasteiger partial charge on any atom is 0.283 e. The van der Waals surface area contributed by atoms with Crippen molar-refractivity contribution in [3.05, 3.63) is 124 Å². The minimum atomic E-state index is -3.53. The number of hydrogen-bond donors (Lipinski definition) is 2. The lowest BCUT2D eigenvalue weighted by Gasteiger charge is -2.30. The van der Waals surface area contributed by atoms with Crippen molar-refractivity contribution in [2.75, 3.05) is 0 Å². The molecule has 3 aromatic rings. The summed E-state index contributed by atoms with van der Waals surface area (Å²) in [6.45, 7) is 0. The van der Waals surface area contributed by atoms with Gasteiger partial charge in [-0.1, -0.05) is 78.9 Å². The van der Waals surface area contributed by atoms with E-state index in [0.29, 0.717) is 11.3 Å². The largest absolute Gasteiger partial charge is 0.443 e. The van der Waals surface area contributed by atoms with Crippen molar-refractivity contribution in [1.82, 2.24) is 5.32 Å². The van der Waals surface area contributed by atoms with Crippen LogP contribution in [0.15, 0.2) is 108 Å². The number of aliphatic hydroxyl groups excluding tert-OH is 1. The summed E-state index contributed by atoms with van der Waals surface area (Å²) in [7, 11) is -3.53. The van der Waals surface area contributed by atoms with E-state index in [-0.39, 0.29) is 5.92 Å². The van der Waals surface area contributed by atoms with Crippen LogP contribution in [-0.2, 0) is 16.3 Å². The number of fused-ring (bicyclic) bond motifs is 5. The van der Waals surface area contributed by atoms with E-state index in [1.54, 1.807) is 24.3 Å². The molecule has 0 saturated heterocycles. The normalized spacial score (nSPS) is 18.9. The van der Waals surface area contributed by atoms with Crippen molar-refractivity contribution in [3.63, 3.8) is 0 Å². The average Bonchev–Trinajstić information content (AvgIpc) is 3.22. The first kappa shape index (κ1) is 24.4. The third-order valence-corrected chi connectivity index (χ3v) is 9.10. The first-order valence-electron chi connectivity index (χ1n) is 12.1. The molecule has 6 heteroatoms. The second-order valence-electron chi connectivity index (χ2n) is 9.06. The van der Waals surface area contributed by atoms with Crippen LogP contribution >= 0.6 is 0 Å². The number of nitriles is 1. The van der Waals surface area contributed by atoms with Crippen molar-refractivity contribution in [3.8, 4) is 17.4 Å². The summed E-state index contributed by atoms with van der Waals surface area (Å²) < 4.78 is 27.5. The molecule has 0 fully saturated rings. The van der Waals surface area contributed by atoms with Gasteiger partial charge in [-0.2, -0.15) is 5.26 Å². The molecular weight excluding hydrogens is 480 g/mol. The van der Waals surface area contributed by atoms with E-state index in [4.69, 9.17) is 10.4 Å². The van der Waals surface area contributed by atoms with Gasteiger partial charge in [-0.3, -0.25) is 0 Å². The topological polar surface area (TPSA) is 90.2 Å². The van der Waals surface area contributed by atoms with Crippen LogP contribution in [0.4, 0.5) is 0 Å². The number of hydrogen-bond acceptors (Lipinski definition) is 5. The Morgan fingerprint density at radius 1 is 0.892 bits per heavy atom. The van der Waals surface area contributed by atoms with Crippen LogP contribution < -0.4 is 15.8 Å². The molecule has 1 heterocycles. The smallest absolute Gasteiger partial charge is 0.283 e. The predicted molar refractivity (Wildman–Crippen MR) is 146 cm³/mol. The monoisotopic (exact) mass is 506 g/mol. The van der Waals surface area contributed by atoms with Crippen molar-refractivity contribution in [2.24, 2.45) is 0 Å². The highest BCUT2D eigenvalue weighted by Gasteiger charge is 2.34. The van der Waals surface area contributed by atoms with Crippen molar-refractivity contribution >= 4 is 22.0 Å². The Morgan fingerprint density at radius 2 is 1.65 bits per heavy atom. The number of sulfone groups is 1. The molecule has 6 rings (SSSR count). The molecule has 1 aliphatic heterocycles. The van der Waals surface area contributed by atoms with Crippen LogP contribution in [0.25, 0.3) is 23.3 Å². The van der Waals surface area contributed by atoms with E-state index in [2.05, 4.69) is 53.9 Å². The van der Waals surface area contributed by atoms with Gasteiger partial charge in [0, 0.05) is 17.8 Å². The SMILES string of the molecule is N#CO.O=S(=O)(c1ccccc1)C1C=c2c(ccc3c2=CCc2ccccc2-3)C(C2=CC=CC=CN2)C1. The Hall–Kier alpha value is -4.34. The molecular formula is C31H26N2O3S. The minimum Gasteiger partial charge on any atom is -0.443 e. The molecule has 2 N–H and O–H groups in total. The Kier molecular flexibility index (Phi) is 6.80. The van der Waals surface area contributed by atoms with Crippen LogP contribution in [0.1, 0.15) is 23.5 Å². The molecule has 2 atom stereocenters. The summed E-state index contributed by atoms with van der Waals surface area (Å²) in [5.41, 5.74) is 5.91. The standard InChI is InChI=1S/C30H25NO2S.CHNO/c32-34(33,22-10-3-1-4-11-22)23-19-28-26-15-14-21-9-6-7-12-24(21)25(26)16-17-27(28)29(20-23)30-13-5-2-8-18-31-30;2-1-3/h1-13,15-19,23,29,31H,14,20H2;3H. The Morgan fingerprint density at radius 3 is 2.46 bits per heavy atom. The van der Waals surface area contributed by atoms with E-state index in [9.17, 15) is 8.42 Å². The maximum atomic E-state index is 13.8. The molecule has 0 aromatic heterocycles. The zero-order valence-corrected chi connectivity index (χ0v) is 20.9. The van der Waals surface area contributed by atoms with Gasteiger partial charge in [0.25, 0.3) is 6.26 Å². The summed E-state index contributed by atoms with van der Waals surface area (Å²) in [6.07, 6.45) is 16.3. The highest BCUT2D eigenvalue weighted by atomic mass is 32.2. The van der Waals surface area contributed by atoms with Gasteiger partial charge in [-0.15, -0.1) is 0 Å². The van der Waals surface area contributed by atoms with E-state index in [1.165, 1.54) is 22.3 Å². The van der Waals surface area contributed by atoms with Crippen LogP contribution in [0, 0.1) is 11.5 Å². The van der Waals surface area contributed by atoms with Gasteiger partial charge in [-0.05, 0) is 69.8 Å². The first-order valence-corrected chi connectivity index (χ1v) is 13.6.